The topological polar surface area (TPSA) is 237 Å². The van der Waals surface area contributed by atoms with Crippen LogP contribution in [0.3, 0.4) is 0 Å². The first-order valence-electron chi connectivity index (χ1n) is 45.9. The third kappa shape index (κ3) is 79.3. The van der Waals surface area contributed by atoms with E-state index in [-0.39, 0.29) is 25.7 Å². The summed E-state index contributed by atoms with van der Waals surface area (Å²) in [7, 11) is -9.93. The number of hydrogen-bond donors (Lipinski definition) is 3. The quantitative estimate of drug-likeness (QED) is 0.0222. The molecule has 0 saturated heterocycles. The number of ether oxygens (including phenoxy) is 4. The summed E-state index contributed by atoms with van der Waals surface area (Å²) >= 11 is 0. The molecule has 7 atom stereocenters. The third-order valence-electron chi connectivity index (χ3n) is 21.6. The number of aliphatic hydroxyl groups excluding tert-OH is 1. The molecule has 19 heteroatoms. The van der Waals surface area contributed by atoms with Crippen LogP contribution in [0.4, 0.5) is 0 Å². The smallest absolute Gasteiger partial charge is 0.462 e. The highest BCUT2D eigenvalue weighted by Crippen LogP contribution is 2.45. The van der Waals surface area contributed by atoms with Crippen molar-refractivity contribution in [3.05, 3.63) is 0 Å². The zero-order valence-electron chi connectivity index (χ0n) is 71.3. The second-order valence-corrected chi connectivity index (χ2v) is 35.9. The van der Waals surface area contributed by atoms with Gasteiger partial charge in [0.05, 0.1) is 26.4 Å². The molecule has 0 aliphatic rings. The van der Waals surface area contributed by atoms with Gasteiger partial charge in [0, 0.05) is 25.7 Å². The molecule has 0 amide bonds. The van der Waals surface area contributed by atoms with Crippen molar-refractivity contribution in [2.24, 2.45) is 17.8 Å². The minimum atomic E-state index is -4.97. The van der Waals surface area contributed by atoms with E-state index in [1.807, 2.05) is 0 Å². The number of carbonyl (C=O) groups is 4. The molecule has 17 nitrogen and oxygen atoms in total. The zero-order valence-corrected chi connectivity index (χ0v) is 73.1. The Morgan fingerprint density at radius 1 is 0.269 bits per heavy atom. The summed E-state index contributed by atoms with van der Waals surface area (Å²) < 4.78 is 69.0. The summed E-state index contributed by atoms with van der Waals surface area (Å²) in [5.41, 5.74) is 0. The fourth-order valence-corrected chi connectivity index (χ4v) is 15.4. The molecule has 0 aromatic rings. The molecule has 0 aliphatic heterocycles. The Bertz CT molecular complexity index is 2080. The summed E-state index contributed by atoms with van der Waals surface area (Å²) in [5, 5.41) is 10.7. The van der Waals surface area contributed by atoms with Crippen LogP contribution in [-0.2, 0) is 65.4 Å². The van der Waals surface area contributed by atoms with Crippen molar-refractivity contribution < 1.29 is 80.2 Å². The van der Waals surface area contributed by atoms with Crippen LogP contribution in [0.5, 0.6) is 0 Å². The van der Waals surface area contributed by atoms with Crippen molar-refractivity contribution in [1.29, 1.82) is 0 Å². The lowest BCUT2D eigenvalue weighted by atomic mass is 9.99. The summed E-state index contributed by atoms with van der Waals surface area (Å²) in [6.07, 6.45) is 70.8. The first-order chi connectivity index (χ1) is 52.3. The van der Waals surface area contributed by atoms with Crippen LogP contribution in [0.2, 0.25) is 0 Å². The van der Waals surface area contributed by atoms with Crippen LogP contribution in [0, 0.1) is 17.8 Å². The van der Waals surface area contributed by atoms with Gasteiger partial charge in [0.1, 0.15) is 19.3 Å². The van der Waals surface area contributed by atoms with Crippen LogP contribution in [0.25, 0.3) is 0 Å². The molecule has 0 aliphatic carbocycles. The predicted octanol–water partition coefficient (Wildman–Crippen LogP) is 27.3. The van der Waals surface area contributed by atoms with Crippen LogP contribution in [0.15, 0.2) is 0 Å². The van der Waals surface area contributed by atoms with Crippen molar-refractivity contribution in [3.63, 3.8) is 0 Å². The van der Waals surface area contributed by atoms with Crippen molar-refractivity contribution in [2.75, 3.05) is 39.6 Å². The molecule has 0 spiro atoms. The van der Waals surface area contributed by atoms with Crippen LogP contribution in [0.1, 0.15) is 472 Å². The fraction of sp³-hybridized carbons (Fsp3) is 0.955. The molecule has 108 heavy (non-hydrogen) atoms. The van der Waals surface area contributed by atoms with Crippen LogP contribution in [-0.4, -0.2) is 96.7 Å². The van der Waals surface area contributed by atoms with E-state index >= 15 is 0 Å². The number of phosphoric ester groups is 2. The van der Waals surface area contributed by atoms with E-state index < -0.39 is 97.5 Å². The van der Waals surface area contributed by atoms with Gasteiger partial charge in [-0.15, -0.1) is 0 Å². The molecule has 0 heterocycles. The SMILES string of the molecule is CCCCCCCCCCCCCCCCCCCCCC(=O)OC[C@H](COP(=O)(O)OC[C@@H](O)COP(=O)(O)OC[C@@H](COC(=O)CCCCCCCCCCC(C)CC)OC(=O)CCCCCCCCCCCCCCC(C)C)OC(=O)CCCCCCCCCCCCCCCCCCCCC(C)CC. The monoisotopic (exact) mass is 1580 g/mol. The molecular weight excluding hydrogens is 1400 g/mol. The number of rotatable bonds is 87. The lowest BCUT2D eigenvalue weighted by molar-refractivity contribution is -0.161. The number of unbranched alkanes of at least 4 members (excludes halogenated alkanes) is 53. The Hall–Kier alpha value is -1.94. The average molecular weight is 1580 g/mol. The highest BCUT2D eigenvalue weighted by atomic mass is 31.2. The van der Waals surface area contributed by atoms with Gasteiger partial charge in [0.25, 0.3) is 0 Å². The second-order valence-electron chi connectivity index (χ2n) is 32.9. The van der Waals surface area contributed by atoms with Crippen LogP contribution < -0.4 is 0 Å². The molecule has 0 rings (SSSR count). The summed E-state index contributed by atoms with van der Waals surface area (Å²) in [5.74, 6) is 0.324. The second kappa shape index (κ2) is 78.9. The Kier molecular flexibility index (Phi) is 77.5. The van der Waals surface area contributed by atoms with Gasteiger partial charge in [-0.25, -0.2) is 9.13 Å². The molecular formula is C89H174O17P2. The molecule has 642 valence electrons. The van der Waals surface area contributed by atoms with Gasteiger partial charge in [-0.05, 0) is 43.4 Å². The van der Waals surface area contributed by atoms with E-state index in [2.05, 4.69) is 48.5 Å². The van der Waals surface area contributed by atoms with Gasteiger partial charge in [-0.3, -0.25) is 37.3 Å². The number of hydrogen-bond acceptors (Lipinski definition) is 15. The molecule has 0 radical (unpaired) electrons. The molecule has 0 aromatic carbocycles. The van der Waals surface area contributed by atoms with Gasteiger partial charge in [0.15, 0.2) is 12.2 Å². The summed E-state index contributed by atoms with van der Waals surface area (Å²) in [6, 6.07) is 0. The van der Waals surface area contributed by atoms with E-state index in [0.717, 1.165) is 108 Å². The van der Waals surface area contributed by atoms with Crippen molar-refractivity contribution in [3.8, 4) is 0 Å². The maximum absolute atomic E-state index is 13.2. The fourth-order valence-electron chi connectivity index (χ4n) is 13.8. The van der Waals surface area contributed by atoms with Crippen molar-refractivity contribution >= 4 is 39.5 Å². The Labute approximate surface area is 664 Å². The van der Waals surface area contributed by atoms with E-state index in [1.165, 1.54) is 283 Å². The summed E-state index contributed by atoms with van der Waals surface area (Å²) in [4.78, 5) is 73.4. The normalized spacial score (nSPS) is 14.3. The van der Waals surface area contributed by atoms with Gasteiger partial charge >= 0.3 is 39.5 Å². The first kappa shape index (κ1) is 106. The van der Waals surface area contributed by atoms with Gasteiger partial charge in [0.2, 0.25) is 0 Å². The Morgan fingerprint density at radius 3 is 0.704 bits per heavy atom. The lowest BCUT2D eigenvalue weighted by Crippen LogP contribution is -2.30. The molecule has 4 unspecified atom stereocenters. The average Bonchev–Trinajstić information content (AvgIpc) is 0.874. The Morgan fingerprint density at radius 2 is 0.472 bits per heavy atom. The maximum atomic E-state index is 13.2. The molecule has 0 fully saturated rings. The predicted molar refractivity (Wildman–Crippen MR) is 446 cm³/mol. The van der Waals surface area contributed by atoms with Gasteiger partial charge in [-0.1, -0.05) is 421 Å². The minimum absolute atomic E-state index is 0.107. The molecule has 3 N–H and O–H groups in total. The maximum Gasteiger partial charge on any atom is 0.472 e. The highest BCUT2D eigenvalue weighted by molar-refractivity contribution is 7.47. The molecule has 0 aromatic heterocycles. The van der Waals surface area contributed by atoms with Crippen LogP contribution >= 0.6 is 15.6 Å². The number of esters is 4. The number of phosphoric acid groups is 2. The van der Waals surface area contributed by atoms with E-state index in [0.29, 0.717) is 25.7 Å². The standard InChI is InChI=1S/C89H174O17P2/c1-8-11-12-13-14-15-16-17-18-19-20-24-27-30-36-41-49-56-63-70-86(91)99-76-84(105-88(93)72-65-58-51-42-37-31-28-25-22-21-23-26-29-35-40-47-54-61-68-81(6)9-2)78-103-107(95,96)101-74-83(90)75-102-108(97,98)104-79-85(77-100-87(92)71-64-57-50-45-44-48-55-62-69-82(7)10-3)106-89(94)73-66-59-52-43-38-33-32-34-39-46-53-60-67-80(4)5/h80-85,90H,8-79H2,1-7H3,(H,95,96)(H,97,98)/t81?,82?,83-,84-,85-/m1/s1. The van der Waals surface area contributed by atoms with E-state index in [9.17, 15) is 43.2 Å². The highest BCUT2D eigenvalue weighted by Gasteiger charge is 2.31. The largest absolute Gasteiger partial charge is 0.472 e. The first-order valence-corrected chi connectivity index (χ1v) is 48.9. The zero-order chi connectivity index (χ0) is 79.3. The van der Waals surface area contributed by atoms with E-state index in [1.54, 1.807) is 0 Å². The van der Waals surface area contributed by atoms with Gasteiger partial charge < -0.3 is 33.8 Å². The number of aliphatic hydroxyl groups is 1. The minimum Gasteiger partial charge on any atom is -0.462 e. The van der Waals surface area contributed by atoms with Crippen molar-refractivity contribution in [2.45, 2.75) is 491 Å². The Balaban J connectivity index is 5.25. The summed E-state index contributed by atoms with van der Waals surface area (Å²) in [6.45, 7) is 12.1. The third-order valence-corrected chi connectivity index (χ3v) is 23.5. The van der Waals surface area contributed by atoms with Crippen molar-refractivity contribution in [1.82, 2.24) is 0 Å². The molecule has 0 saturated carbocycles. The molecule has 0 bridgehead atoms. The van der Waals surface area contributed by atoms with E-state index in [4.69, 9.17) is 37.0 Å². The lowest BCUT2D eigenvalue weighted by Gasteiger charge is -2.21. The van der Waals surface area contributed by atoms with Gasteiger partial charge in [-0.2, -0.15) is 0 Å². The number of carbonyl (C=O) groups excluding carboxylic acids is 4.